The topological polar surface area (TPSA) is 52.3 Å². The van der Waals surface area contributed by atoms with Crippen LogP contribution in [0.3, 0.4) is 0 Å². The minimum atomic E-state index is -0.156. The van der Waals surface area contributed by atoms with Gasteiger partial charge in [-0.2, -0.15) is 0 Å². The molecule has 1 aliphatic carbocycles. The van der Waals surface area contributed by atoms with Gasteiger partial charge in [0.05, 0.1) is 7.11 Å². The molecule has 0 amide bonds. The quantitative estimate of drug-likeness (QED) is 0.527. The standard InChI is InChI=1S/C12H14BrNO2S/c1-16-12(15)11(7-2-3-7)17-10-6-8(13)4-5-9(10)14/h4-7,11H,2-3,14H2,1H3. The summed E-state index contributed by atoms with van der Waals surface area (Å²) in [7, 11) is 1.43. The van der Waals surface area contributed by atoms with E-state index in [4.69, 9.17) is 10.5 Å². The zero-order valence-corrected chi connectivity index (χ0v) is 11.9. The molecule has 0 radical (unpaired) electrons. The third-order valence-corrected chi connectivity index (χ3v) is 4.65. The van der Waals surface area contributed by atoms with E-state index >= 15 is 0 Å². The number of anilines is 1. The Morgan fingerprint density at radius 1 is 1.59 bits per heavy atom. The van der Waals surface area contributed by atoms with Crippen molar-refractivity contribution in [2.24, 2.45) is 5.92 Å². The van der Waals surface area contributed by atoms with Crippen molar-refractivity contribution in [2.45, 2.75) is 23.0 Å². The highest BCUT2D eigenvalue weighted by Crippen LogP contribution is 2.43. The molecule has 0 saturated heterocycles. The van der Waals surface area contributed by atoms with Crippen LogP contribution in [0.2, 0.25) is 0 Å². The van der Waals surface area contributed by atoms with E-state index in [-0.39, 0.29) is 11.2 Å². The maximum atomic E-state index is 11.7. The highest BCUT2D eigenvalue weighted by Gasteiger charge is 2.38. The van der Waals surface area contributed by atoms with Gasteiger partial charge in [-0.25, -0.2) is 0 Å². The van der Waals surface area contributed by atoms with Crippen LogP contribution in [0.15, 0.2) is 27.6 Å². The number of hydrogen-bond acceptors (Lipinski definition) is 4. The van der Waals surface area contributed by atoms with Crippen LogP contribution in [0, 0.1) is 5.92 Å². The Kier molecular flexibility index (Phi) is 3.99. The van der Waals surface area contributed by atoms with Crippen molar-refractivity contribution in [3.63, 3.8) is 0 Å². The fourth-order valence-corrected chi connectivity index (χ4v) is 3.44. The fourth-order valence-electron chi connectivity index (χ4n) is 1.60. The molecule has 0 aliphatic heterocycles. The number of nitrogen functional groups attached to an aromatic ring is 1. The van der Waals surface area contributed by atoms with Gasteiger partial charge in [-0.1, -0.05) is 15.9 Å². The van der Waals surface area contributed by atoms with Crippen LogP contribution in [-0.2, 0) is 9.53 Å². The average Bonchev–Trinajstić information content (AvgIpc) is 3.13. The number of carbonyl (C=O) groups excluding carboxylic acids is 1. The van der Waals surface area contributed by atoms with Gasteiger partial charge in [-0.15, -0.1) is 11.8 Å². The number of hydrogen-bond donors (Lipinski definition) is 1. The Labute approximate surface area is 113 Å². The van der Waals surface area contributed by atoms with E-state index in [2.05, 4.69) is 15.9 Å². The van der Waals surface area contributed by atoms with E-state index in [9.17, 15) is 4.79 Å². The Hall–Kier alpha value is -0.680. The first-order valence-corrected chi connectivity index (χ1v) is 7.08. The van der Waals surface area contributed by atoms with E-state index in [1.807, 2.05) is 18.2 Å². The van der Waals surface area contributed by atoms with E-state index < -0.39 is 0 Å². The van der Waals surface area contributed by atoms with Gasteiger partial charge in [0.1, 0.15) is 5.25 Å². The third-order valence-electron chi connectivity index (χ3n) is 2.71. The number of halogens is 1. The predicted octanol–water partition coefficient (Wildman–Crippen LogP) is 3.08. The van der Waals surface area contributed by atoms with Crippen molar-refractivity contribution in [1.29, 1.82) is 0 Å². The average molecular weight is 316 g/mol. The maximum absolute atomic E-state index is 11.7. The Bertz CT molecular complexity index is 435. The van der Waals surface area contributed by atoms with E-state index in [1.54, 1.807) is 0 Å². The van der Waals surface area contributed by atoms with Crippen LogP contribution in [0.4, 0.5) is 5.69 Å². The SMILES string of the molecule is COC(=O)C(Sc1cc(Br)ccc1N)C1CC1. The second-order valence-electron chi connectivity index (χ2n) is 4.08. The number of rotatable bonds is 4. The lowest BCUT2D eigenvalue weighted by atomic mass is 10.3. The van der Waals surface area contributed by atoms with E-state index in [1.165, 1.54) is 18.9 Å². The first-order chi connectivity index (χ1) is 8.11. The summed E-state index contributed by atoms with van der Waals surface area (Å²) in [5.41, 5.74) is 6.61. The van der Waals surface area contributed by atoms with Crippen LogP contribution in [0.5, 0.6) is 0 Å². The Morgan fingerprint density at radius 2 is 2.29 bits per heavy atom. The number of ether oxygens (including phenoxy) is 1. The van der Waals surface area contributed by atoms with E-state index in [0.29, 0.717) is 11.6 Å². The molecule has 1 saturated carbocycles. The highest BCUT2D eigenvalue weighted by atomic mass is 79.9. The summed E-state index contributed by atoms with van der Waals surface area (Å²) < 4.78 is 5.81. The minimum Gasteiger partial charge on any atom is -0.468 e. The van der Waals surface area contributed by atoms with Crippen molar-refractivity contribution >= 4 is 39.3 Å². The number of esters is 1. The monoisotopic (exact) mass is 315 g/mol. The molecule has 0 aromatic heterocycles. The second kappa shape index (κ2) is 5.31. The van der Waals surface area contributed by atoms with Crippen LogP contribution in [0.1, 0.15) is 12.8 Å². The van der Waals surface area contributed by atoms with Gasteiger partial charge in [0.15, 0.2) is 0 Å². The van der Waals surface area contributed by atoms with Gasteiger partial charge < -0.3 is 10.5 Å². The Morgan fingerprint density at radius 3 is 2.88 bits per heavy atom. The number of carbonyl (C=O) groups is 1. The number of thioether (sulfide) groups is 1. The van der Waals surface area contributed by atoms with E-state index in [0.717, 1.165) is 22.2 Å². The molecule has 1 aromatic carbocycles. The smallest absolute Gasteiger partial charge is 0.319 e. The summed E-state index contributed by atoms with van der Waals surface area (Å²) in [5, 5.41) is -0.128. The van der Waals surface area contributed by atoms with Gasteiger partial charge in [-0.05, 0) is 37.0 Å². The lowest BCUT2D eigenvalue weighted by Crippen LogP contribution is -2.21. The van der Waals surface area contributed by atoms with Crippen LogP contribution in [-0.4, -0.2) is 18.3 Å². The molecule has 5 heteroatoms. The number of nitrogens with two attached hydrogens (primary N) is 1. The van der Waals surface area contributed by atoms with Gasteiger partial charge in [-0.3, -0.25) is 4.79 Å². The summed E-state index contributed by atoms with van der Waals surface area (Å²) >= 11 is 4.91. The molecule has 0 spiro atoms. The van der Waals surface area contributed by atoms with Crippen molar-refractivity contribution in [1.82, 2.24) is 0 Å². The van der Waals surface area contributed by atoms with Crippen LogP contribution >= 0.6 is 27.7 Å². The molecule has 2 N–H and O–H groups in total. The summed E-state index contributed by atoms with van der Waals surface area (Å²) in [6, 6.07) is 5.68. The molecule has 1 aliphatic rings. The number of benzene rings is 1. The molecule has 1 fully saturated rings. The summed E-state index contributed by atoms with van der Waals surface area (Å²) in [6.45, 7) is 0. The first-order valence-electron chi connectivity index (χ1n) is 5.41. The van der Waals surface area contributed by atoms with Crippen LogP contribution < -0.4 is 5.73 Å². The maximum Gasteiger partial charge on any atom is 0.319 e. The van der Waals surface area contributed by atoms with Gasteiger partial charge in [0.25, 0.3) is 0 Å². The number of methoxy groups -OCH3 is 1. The normalized spacial score (nSPS) is 16.6. The molecular formula is C12H14BrNO2S. The molecule has 1 unspecified atom stereocenters. The molecule has 2 rings (SSSR count). The predicted molar refractivity (Wildman–Crippen MR) is 72.9 cm³/mol. The molecule has 1 aromatic rings. The molecule has 92 valence electrons. The highest BCUT2D eigenvalue weighted by molar-refractivity contribution is 9.10. The largest absolute Gasteiger partial charge is 0.468 e. The summed E-state index contributed by atoms with van der Waals surface area (Å²) in [5.74, 6) is 0.280. The Balaban J connectivity index is 2.16. The molecule has 17 heavy (non-hydrogen) atoms. The van der Waals surface area contributed by atoms with Gasteiger partial charge >= 0.3 is 5.97 Å². The van der Waals surface area contributed by atoms with Crippen molar-refractivity contribution < 1.29 is 9.53 Å². The van der Waals surface area contributed by atoms with Crippen molar-refractivity contribution in [2.75, 3.05) is 12.8 Å². The first kappa shape index (κ1) is 12.8. The molecule has 3 nitrogen and oxygen atoms in total. The van der Waals surface area contributed by atoms with Gasteiger partial charge in [0.2, 0.25) is 0 Å². The summed E-state index contributed by atoms with van der Waals surface area (Å²) in [4.78, 5) is 12.6. The van der Waals surface area contributed by atoms with Gasteiger partial charge in [0, 0.05) is 15.1 Å². The third kappa shape index (κ3) is 3.16. The van der Waals surface area contributed by atoms with Crippen molar-refractivity contribution in [3.05, 3.63) is 22.7 Å². The van der Waals surface area contributed by atoms with Crippen LogP contribution in [0.25, 0.3) is 0 Å². The second-order valence-corrected chi connectivity index (χ2v) is 6.18. The summed E-state index contributed by atoms with van der Waals surface area (Å²) in [6.07, 6.45) is 2.20. The molecule has 0 bridgehead atoms. The zero-order valence-electron chi connectivity index (χ0n) is 9.48. The molecular weight excluding hydrogens is 302 g/mol. The molecule has 0 heterocycles. The zero-order chi connectivity index (χ0) is 12.4. The van der Waals surface area contributed by atoms with Crippen molar-refractivity contribution in [3.8, 4) is 0 Å². The lowest BCUT2D eigenvalue weighted by Gasteiger charge is -2.14. The lowest BCUT2D eigenvalue weighted by molar-refractivity contribution is -0.140. The molecule has 1 atom stereocenters. The fraction of sp³-hybridized carbons (Fsp3) is 0.417. The minimum absolute atomic E-state index is 0.128.